The maximum atomic E-state index is 13.1. The van der Waals surface area contributed by atoms with Gasteiger partial charge >= 0.3 is 0 Å². The molecule has 18 heavy (non-hydrogen) atoms. The highest BCUT2D eigenvalue weighted by atomic mass is 79.9. The molecule has 1 aromatic carbocycles. The molecule has 0 fully saturated rings. The Morgan fingerprint density at radius 2 is 2.00 bits per heavy atom. The summed E-state index contributed by atoms with van der Waals surface area (Å²) in [5, 5.41) is 0. The number of halogens is 2. The van der Waals surface area contributed by atoms with Gasteiger partial charge < -0.3 is 0 Å². The van der Waals surface area contributed by atoms with Gasteiger partial charge in [0.25, 0.3) is 0 Å². The summed E-state index contributed by atoms with van der Waals surface area (Å²) >= 11 is 3.39. The van der Waals surface area contributed by atoms with Gasteiger partial charge in [-0.1, -0.05) is 6.92 Å². The van der Waals surface area contributed by atoms with Crippen LogP contribution in [0.2, 0.25) is 0 Å². The summed E-state index contributed by atoms with van der Waals surface area (Å²) in [5.74, 6) is 0.587. The van der Waals surface area contributed by atoms with Crippen molar-refractivity contribution in [2.75, 3.05) is 0 Å². The minimum atomic E-state index is -0.224. The van der Waals surface area contributed by atoms with Gasteiger partial charge in [-0.05, 0) is 59.1 Å². The normalized spacial score (nSPS) is 10.7. The first-order valence-corrected chi connectivity index (χ1v) is 6.69. The molecule has 0 N–H and O–H groups in total. The highest BCUT2D eigenvalue weighted by Gasteiger charge is 2.08. The summed E-state index contributed by atoms with van der Waals surface area (Å²) < 4.78 is 13.9. The van der Waals surface area contributed by atoms with Crippen LogP contribution in [-0.2, 0) is 6.42 Å². The number of benzene rings is 1. The maximum Gasteiger partial charge on any atom is 0.130 e. The van der Waals surface area contributed by atoms with Crippen molar-refractivity contribution in [1.82, 2.24) is 9.97 Å². The molecule has 2 aromatic rings. The van der Waals surface area contributed by atoms with Crippen LogP contribution in [0.1, 0.15) is 24.7 Å². The molecule has 0 bridgehead atoms. The van der Waals surface area contributed by atoms with Crippen LogP contribution in [0.25, 0.3) is 11.3 Å². The first-order valence-electron chi connectivity index (χ1n) is 5.90. The molecule has 0 amide bonds. The van der Waals surface area contributed by atoms with Gasteiger partial charge in [-0.3, -0.25) is 0 Å². The first-order chi connectivity index (χ1) is 8.60. The molecule has 1 aromatic heterocycles. The minimum absolute atomic E-state index is 0.224. The molecule has 2 rings (SSSR count). The average molecular weight is 309 g/mol. The number of hydrogen-bond acceptors (Lipinski definition) is 2. The topological polar surface area (TPSA) is 25.8 Å². The Morgan fingerprint density at radius 1 is 1.22 bits per heavy atom. The third kappa shape index (κ3) is 2.93. The standard InChI is InChI=1S/C14H14BrFN2/c1-3-4-14-17-12(8-13(15)18-14)11-6-5-10(16)7-9(11)2/h5-8H,3-4H2,1-2H3. The molecule has 94 valence electrons. The summed E-state index contributed by atoms with van der Waals surface area (Å²) in [6.07, 6.45) is 1.84. The van der Waals surface area contributed by atoms with Crippen molar-refractivity contribution < 1.29 is 4.39 Å². The van der Waals surface area contributed by atoms with Crippen molar-refractivity contribution >= 4 is 15.9 Å². The van der Waals surface area contributed by atoms with E-state index in [0.29, 0.717) is 0 Å². The fourth-order valence-corrected chi connectivity index (χ4v) is 2.27. The summed E-state index contributed by atoms with van der Waals surface area (Å²) in [6, 6.07) is 6.59. The number of rotatable bonds is 3. The van der Waals surface area contributed by atoms with E-state index in [9.17, 15) is 4.39 Å². The zero-order valence-electron chi connectivity index (χ0n) is 10.4. The number of nitrogens with zero attached hydrogens (tertiary/aromatic N) is 2. The summed E-state index contributed by atoms with van der Waals surface area (Å²) in [6.45, 7) is 3.97. The molecule has 0 radical (unpaired) electrons. The van der Waals surface area contributed by atoms with Gasteiger partial charge in [0, 0.05) is 12.0 Å². The monoisotopic (exact) mass is 308 g/mol. The van der Waals surface area contributed by atoms with E-state index in [4.69, 9.17) is 0 Å². The molecule has 0 atom stereocenters. The van der Waals surface area contributed by atoms with Crippen molar-refractivity contribution in [2.24, 2.45) is 0 Å². The quantitative estimate of drug-likeness (QED) is 0.790. The molecule has 0 aliphatic heterocycles. The molecule has 0 saturated heterocycles. The second kappa shape index (κ2) is 5.57. The van der Waals surface area contributed by atoms with Crippen LogP contribution in [0, 0.1) is 12.7 Å². The molecule has 0 aliphatic rings. The maximum absolute atomic E-state index is 13.1. The molecule has 4 heteroatoms. The van der Waals surface area contributed by atoms with Gasteiger partial charge in [0.1, 0.15) is 16.2 Å². The lowest BCUT2D eigenvalue weighted by Gasteiger charge is -2.07. The van der Waals surface area contributed by atoms with E-state index in [0.717, 1.165) is 40.1 Å². The molecule has 1 heterocycles. The summed E-state index contributed by atoms with van der Waals surface area (Å²) in [4.78, 5) is 8.85. The Kier molecular flexibility index (Phi) is 4.07. The largest absolute Gasteiger partial charge is 0.233 e. The predicted molar refractivity (Wildman–Crippen MR) is 73.9 cm³/mol. The number of aryl methyl sites for hydroxylation is 2. The average Bonchev–Trinajstić information content (AvgIpc) is 2.28. The van der Waals surface area contributed by atoms with Crippen molar-refractivity contribution in [3.05, 3.63) is 46.1 Å². The zero-order chi connectivity index (χ0) is 13.1. The van der Waals surface area contributed by atoms with E-state index in [2.05, 4.69) is 32.8 Å². The Labute approximate surface area is 114 Å². The highest BCUT2D eigenvalue weighted by Crippen LogP contribution is 2.24. The van der Waals surface area contributed by atoms with Crippen LogP contribution in [0.3, 0.4) is 0 Å². The van der Waals surface area contributed by atoms with Crippen molar-refractivity contribution in [3.63, 3.8) is 0 Å². The van der Waals surface area contributed by atoms with Gasteiger partial charge in [0.05, 0.1) is 5.69 Å². The van der Waals surface area contributed by atoms with Crippen molar-refractivity contribution in [2.45, 2.75) is 26.7 Å². The molecule has 0 spiro atoms. The Balaban J connectivity index is 2.49. The van der Waals surface area contributed by atoms with Gasteiger partial charge in [0.15, 0.2) is 0 Å². The van der Waals surface area contributed by atoms with Crippen LogP contribution in [0.5, 0.6) is 0 Å². The van der Waals surface area contributed by atoms with Crippen LogP contribution in [0.4, 0.5) is 4.39 Å². The fourth-order valence-electron chi connectivity index (χ4n) is 1.85. The molecular formula is C14H14BrFN2. The lowest BCUT2D eigenvalue weighted by molar-refractivity contribution is 0.627. The van der Waals surface area contributed by atoms with Crippen LogP contribution >= 0.6 is 15.9 Å². The van der Waals surface area contributed by atoms with Crippen molar-refractivity contribution in [1.29, 1.82) is 0 Å². The number of hydrogen-bond donors (Lipinski definition) is 0. The van der Waals surface area contributed by atoms with E-state index >= 15 is 0 Å². The Hall–Kier alpha value is -1.29. The van der Waals surface area contributed by atoms with Gasteiger partial charge in [-0.25, -0.2) is 14.4 Å². The third-order valence-corrected chi connectivity index (χ3v) is 3.09. The number of aromatic nitrogens is 2. The molecule has 0 saturated carbocycles. The van der Waals surface area contributed by atoms with E-state index in [1.807, 2.05) is 13.0 Å². The fraction of sp³-hybridized carbons (Fsp3) is 0.286. The molecule has 0 aliphatic carbocycles. The molecule has 0 unspecified atom stereocenters. The van der Waals surface area contributed by atoms with E-state index in [1.54, 1.807) is 6.07 Å². The molecule has 2 nitrogen and oxygen atoms in total. The Bertz CT molecular complexity index is 570. The summed E-state index contributed by atoms with van der Waals surface area (Å²) in [5.41, 5.74) is 2.65. The third-order valence-electron chi connectivity index (χ3n) is 2.68. The van der Waals surface area contributed by atoms with E-state index < -0.39 is 0 Å². The van der Waals surface area contributed by atoms with Crippen molar-refractivity contribution in [3.8, 4) is 11.3 Å². The van der Waals surface area contributed by atoms with E-state index in [1.165, 1.54) is 12.1 Å². The predicted octanol–water partition coefficient (Wildman–Crippen LogP) is 4.31. The second-order valence-electron chi connectivity index (χ2n) is 4.20. The highest BCUT2D eigenvalue weighted by molar-refractivity contribution is 9.10. The van der Waals surface area contributed by atoms with Crippen LogP contribution in [-0.4, -0.2) is 9.97 Å². The first kappa shape index (κ1) is 13.1. The lowest BCUT2D eigenvalue weighted by Crippen LogP contribution is -1.98. The summed E-state index contributed by atoms with van der Waals surface area (Å²) in [7, 11) is 0. The lowest BCUT2D eigenvalue weighted by atomic mass is 10.1. The van der Waals surface area contributed by atoms with Crippen LogP contribution < -0.4 is 0 Å². The smallest absolute Gasteiger partial charge is 0.130 e. The Morgan fingerprint density at radius 3 is 2.67 bits per heavy atom. The second-order valence-corrected chi connectivity index (χ2v) is 5.01. The zero-order valence-corrected chi connectivity index (χ0v) is 12.0. The van der Waals surface area contributed by atoms with Crippen LogP contribution in [0.15, 0.2) is 28.9 Å². The van der Waals surface area contributed by atoms with Gasteiger partial charge in [0.2, 0.25) is 0 Å². The van der Waals surface area contributed by atoms with Gasteiger partial charge in [-0.2, -0.15) is 0 Å². The SMILES string of the molecule is CCCc1nc(Br)cc(-c2ccc(F)cc2C)n1. The van der Waals surface area contributed by atoms with Gasteiger partial charge in [-0.15, -0.1) is 0 Å². The molecular weight excluding hydrogens is 295 g/mol. The van der Waals surface area contributed by atoms with E-state index in [-0.39, 0.29) is 5.82 Å². The minimum Gasteiger partial charge on any atom is -0.233 e.